The van der Waals surface area contributed by atoms with Crippen LogP contribution in [0.15, 0.2) is 24.3 Å². The first kappa shape index (κ1) is 13.5. The number of aliphatic hydroxyl groups is 4. The molecule has 1 aromatic rings. The predicted molar refractivity (Wildman–Crippen MR) is 63.9 cm³/mol. The van der Waals surface area contributed by atoms with Crippen LogP contribution in [0.3, 0.4) is 0 Å². The molecule has 100 valence electrons. The van der Waals surface area contributed by atoms with Gasteiger partial charge in [-0.2, -0.15) is 0 Å². The molecule has 0 radical (unpaired) electrons. The summed E-state index contributed by atoms with van der Waals surface area (Å²) in [5.74, 6) is 0. The first-order valence-corrected chi connectivity index (χ1v) is 5.91. The van der Waals surface area contributed by atoms with E-state index in [0.717, 1.165) is 5.56 Å². The van der Waals surface area contributed by atoms with E-state index < -0.39 is 37.1 Å². The number of aliphatic hydroxyl groups excluding tert-OH is 4. The number of hydrogen-bond donors (Lipinski definition) is 4. The smallest absolute Gasteiger partial charge is 0.113 e. The normalized spacial score (nSPS) is 36.6. The molecule has 1 fully saturated rings. The Balaban J connectivity index is 2.27. The maximum Gasteiger partial charge on any atom is 0.113 e. The summed E-state index contributed by atoms with van der Waals surface area (Å²) >= 11 is 0. The van der Waals surface area contributed by atoms with Crippen molar-refractivity contribution in [2.75, 3.05) is 6.61 Å². The number of benzene rings is 1. The van der Waals surface area contributed by atoms with Crippen molar-refractivity contribution < 1.29 is 25.2 Å². The zero-order valence-corrected chi connectivity index (χ0v) is 10.1. The second-order valence-corrected chi connectivity index (χ2v) is 4.66. The van der Waals surface area contributed by atoms with Gasteiger partial charge in [0.15, 0.2) is 0 Å². The summed E-state index contributed by atoms with van der Waals surface area (Å²) in [6, 6.07) is 7.35. The van der Waals surface area contributed by atoms with Crippen molar-refractivity contribution >= 4 is 0 Å². The minimum Gasteiger partial charge on any atom is -0.394 e. The van der Waals surface area contributed by atoms with Crippen molar-refractivity contribution in [1.82, 2.24) is 0 Å². The molecule has 0 aliphatic carbocycles. The Kier molecular flexibility index (Phi) is 3.99. The summed E-state index contributed by atoms with van der Waals surface area (Å²) in [5.41, 5.74) is 1.72. The third-order valence-corrected chi connectivity index (χ3v) is 3.26. The van der Waals surface area contributed by atoms with E-state index in [0.29, 0.717) is 5.56 Å². The molecule has 0 aromatic heterocycles. The molecule has 5 atom stereocenters. The van der Waals surface area contributed by atoms with Gasteiger partial charge in [-0.05, 0) is 12.5 Å². The zero-order chi connectivity index (χ0) is 13.3. The van der Waals surface area contributed by atoms with Crippen molar-refractivity contribution in [3.8, 4) is 0 Å². The molecule has 0 unspecified atom stereocenters. The van der Waals surface area contributed by atoms with Crippen LogP contribution in [0.25, 0.3) is 0 Å². The second-order valence-electron chi connectivity index (χ2n) is 4.66. The lowest BCUT2D eigenvalue weighted by Crippen LogP contribution is -2.55. The van der Waals surface area contributed by atoms with E-state index >= 15 is 0 Å². The molecule has 1 heterocycles. The minimum absolute atomic E-state index is 0.409. The first-order chi connectivity index (χ1) is 8.54. The molecular formula is C13H18O5. The van der Waals surface area contributed by atoms with E-state index in [4.69, 9.17) is 9.84 Å². The third kappa shape index (κ3) is 2.41. The Morgan fingerprint density at radius 2 is 1.83 bits per heavy atom. The van der Waals surface area contributed by atoms with Gasteiger partial charge in [0.1, 0.15) is 30.5 Å². The molecule has 0 bridgehead atoms. The second kappa shape index (κ2) is 5.34. The molecule has 0 spiro atoms. The fourth-order valence-corrected chi connectivity index (χ4v) is 2.22. The van der Waals surface area contributed by atoms with Crippen molar-refractivity contribution in [2.45, 2.75) is 37.4 Å². The molecule has 1 aliphatic rings. The molecule has 1 aliphatic heterocycles. The highest BCUT2D eigenvalue weighted by Gasteiger charge is 2.43. The van der Waals surface area contributed by atoms with Crippen LogP contribution >= 0.6 is 0 Å². The molecular weight excluding hydrogens is 236 g/mol. The van der Waals surface area contributed by atoms with Gasteiger partial charge in [0.05, 0.1) is 6.61 Å². The van der Waals surface area contributed by atoms with Gasteiger partial charge < -0.3 is 25.2 Å². The van der Waals surface area contributed by atoms with Crippen molar-refractivity contribution in [2.24, 2.45) is 0 Å². The van der Waals surface area contributed by atoms with Gasteiger partial charge in [-0.3, -0.25) is 0 Å². The van der Waals surface area contributed by atoms with E-state index in [1.807, 2.05) is 25.1 Å². The van der Waals surface area contributed by atoms with Crippen LogP contribution in [0.2, 0.25) is 0 Å². The largest absolute Gasteiger partial charge is 0.394 e. The van der Waals surface area contributed by atoms with Crippen molar-refractivity contribution in [3.05, 3.63) is 35.4 Å². The summed E-state index contributed by atoms with van der Waals surface area (Å²) in [5, 5.41) is 38.4. The van der Waals surface area contributed by atoms with Crippen LogP contribution in [0.5, 0.6) is 0 Å². The molecule has 0 saturated carbocycles. The number of rotatable bonds is 2. The van der Waals surface area contributed by atoms with Gasteiger partial charge >= 0.3 is 0 Å². The summed E-state index contributed by atoms with van der Waals surface area (Å²) in [6.07, 6.45) is -5.48. The molecule has 1 aromatic carbocycles. The predicted octanol–water partition coefficient (Wildman–Crippen LogP) is -0.490. The van der Waals surface area contributed by atoms with Crippen LogP contribution in [0, 0.1) is 6.92 Å². The molecule has 5 heteroatoms. The number of hydrogen-bond acceptors (Lipinski definition) is 5. The summed E-state index contributed by atoms with van der Waals surface area (Å²) < 4.78 is 5.46. The summed E-state index contributed by atoms with van der Waals surface area (Å²) in [6.45, 7) is 1.50. The average Bonchev–Trinajstić information content (AvgIpc) is 2.36. The van der Waals surface area contributed by atoms with Crippen LogP contribution in [0.4, 0.5) is 0 Å². The summed E-state index contributed by atoms with van der Waals surface area (Å²) in [4.78, 5) is 0. The highest BCUT2D eigenvalue weighted by molar-refractivity contribution is 5.26. The average molecular weight is 254 g/mol. The Hall–Kier alpha value is -0.980. The Labute approximate surface area is 105 Å². The lowest BCUT2D eigenvalue weighted by Gasteiger charge is -2.40. The maximum atomic E-state index is 9.95. The van der Waals surface area contributed by atoms with Gasteiger partial charge in [-0.25, -0.2) is 0 Å². The highest BCUT2D eigenvalue weighted by Crippen LogP contribution is 2.32. The van der Waals surface area contributed by atoms with E-state index in [2.05, 4.69) is 0 Å². The molecule has 18 heavy (non-hydrogen) atoms. The molecule has 2 rings (SSSR count). The van der Waals surface area contributed by atoms with E-state index in [9.17, 15) is 15.3 Å². The SMILES string of the molecule is Cc1cccc([C@H]2O[C@H](CO)[C@@H](O)[C@H](O)[C@@H]2O)c1. The van der Waals surface area contributed by atoms with Crippen molar-refractivity contribution in [1.29, 1.82) is 0 Å². The van der Waals surface area contributed by atoms with Crippen LogP contribution < -0.4 is 0 Å². The fraction of sp³-hybridized carbons (Fsp3) is 0.538. The van der Waals surface area contributed by atoms with Crippen LogP contribution in [-0.2, 0) is 4.74 Å². The topological polar surface area (TPSA) is 90.2 Å². The van der Waals surface area contributed by atoms with Gasteiger partial charge in [0.2, 0.25) is 0 Å². The lowest BCUT2D eigenvalue weighted by molar-refractivity contribution is -0.231. The third-order valence-electron chi connectivity index (χ3n) is 3.26. The quantitative estimate of drug-likeness (QED) is 0.572. The van der Waals surface area contributed by atoms with Crippen LogP contribution in [-0.4, -0.2) is 51.4 Å². The minimum atomic E-state index is -1.33. The van der Waals surface area contributed by atoms with Gasteiger partial charge in [0.25, 0.3) is 0 Å². The maximum absolute atomic E-state index is 9.95. The first-order valence-electron chi connectivity index (χ1n) is 5.91. The van der Waals surface area contributed by atoms with Gasteiger partial charge in [-0.1, -0.05) is 29.8 Å². The van der Waals surface area contributed by atoms with Crippen LogP contribution in [0.1, 0.15) is 17.2 Å². The Bertz CT molecular complexity index is 406. The monoisotopic (exact) mass is 254 g/mol. The number of aryl methyl sites for hydroxylation is 1. The van der Waals surface area contributed by atoms with Gasteiger partial charge in [0, 0.05) is 0 Å². The van der Waals surface area contributed by atoms with E-state index in [-0.39, 0.29) is 0 Å². The highest BCUT2D eigenvalue weighted by atomic mass is 16.5. The number of ether oxygens (including phenoxy) is 1. The Morgan fingerprint density at radius 3 is 2.44 bits per heavy atom. The molecule has 4 N–H and O–H groups in total. The van der Waals surface area contributed by atoms with Crippen molar-refractivity contribution in [3.63, 3.8) is 0 Å². The molecule has 5 nitrogen and oxygen atoms in total. The zero-order valence-electron chi connectivity index (χ0n) is 10.1. The van der Waals surface area contributed by atoms with E-state index in [1.165, 1.54) is 0 Å². The fourth-order valence-electron chi connectivity index (χ4n) is 2.22. The van der Waals surface area contributed by atoms with E-state index in [1.54, 1.807) is 6.07 Å². The Morgan fingerprint density at radius 1 is 1.11 bits per heavy atom. The summed E-state index contributed by atoms with van der Waals surface area (Å²) in [7, 11) is 0. The molecule has 1 saturated heterocycles. The molecule has 0 amide bonds. The van der Waals surface area contributed by atoms with Gasteiger partial charge in [-0.15, -0.1) is 0 Å². The lowest BCUT2D eigenvalue weighted by atomic mass is 9.91. The standard InChI is InChI=1S/C13H18O5/c1-7-3-2-4-8(5-7)13-12(17)11(16)10(15)9(6-14)18-13/h2-5,9-17H,6H2,1H3/t9-,10-,11+,12+,13-/m1/s1.